The van der Waals surface area contributed by atoms with Crippen LogP contribution in [0.5, 0.6) is 11.5 Å². The first-order valence-electron chi connectivity index (χ1n) is 10.4. The Balaban J connectivity index is 2.23. The summed E-state index contributed by atoms with van der Waals surface area (Å²) in [6.45, 7) is 3.64. The van der Waals surface area contributed by atoms with Gasteiger partial charge in [-0.3, -0.25) is 9.59 Å². The second kappa shape index (κ2) is 10.6. The summed E-state index contributed by atoms with van der Waals surface area (Å²) in [5.74, 6) is -1.57. The molecule has 0 atom stereocenters. The second-order valence-corrected chi connectivity index (χ2v) is 10.2. The fraction of sp³-hybridized carbons (Fsp3) is 0.167. The third-order valence-corrected chi connectivity index (χ3v) is 7.70. The van der Waals surface area contributed by atoms with Crippen LogP contribution < -0.4 is 15.8 Å². The standard InChI is InChI=1S/C24H22Cl2N2O6S/c1-3-28-24(31)16-7-8-19(34-15-6-4-5-14(10-15)11-21(29)30)23(22(16)27)35(32,33)20-9-13(2)17(25)12-18(20)26/h4-10,12H,3,11,27H2,1-2H3,(H,28,31)(H,29,30). The molecule has 0 aliphatic heterocycles. The van der Waals surface area contributed by atoms with E-state index >= 15 is 0 Å². The molecule has 3 aromatic rings. The number of nitrogens with two attached hydrogens (primary N) is 1. The number of aliphatic carboxylic acids is 1. The molecule has 0 spiro atoms. The van der Waals surface area contributed by atoms with Crippen molar-refractivity contribution in [1.29, 1.82) is 0 Å². The van der Waals surface area contributed by atoms with Gasteiger partial charge < -0.3 is 20.9 Å². The molecular weight excluding hydrogens is 515 g/mol. The lowest BCUT2D eigenvalue weighted by atomic mass is 10.1. The number of carbonyl (C=O) groups excluding carboxylic acids is 1. The number of nitrogens with one attached hydrogen (secondary N) is 1. The molecule has 0 aromatic heterocycles. The van der Waals surface area contributed by atoms with Gasteiger partial charge in [0, 0.05) is 11.6 Å². The van der Waals surface area contributed by atoms with E-state index in [2.05, 4.69) is 5.32 Å². The van der Waals surface area contributed by atoms with Crippen LogP contribution in [0, 0.1) is 6.92 Å². The van der Waals surface area contributed by atoms with E-state index in [9.17, 15) is 18.0 Å². The van der Waals surface area contributed by atoms with E-state index in [1.165, 1.54) is 36.4 Å². The molecule has 0 radical (unpaired) electrons. The van der Waals surface area contributed by atoms with E-state index in [1.807, 2.05) is 0 Å². The molecule has 0 aliphatic carbocycles. The SMILES string of the molecule is CCNC(=O)c1ccc(Oc2cccc(CC(=O)O)c2)c(S(=O)(=O)c2cc(C)c(Cl)cc2Cl)c1N. The van der Waals surface area contributed by atoms with Crippen molar-refractivity contribution < 1.29 is 27.9 Å². The van der Waals surface area contributed by atoms with E-state index in [0.29, 0.717) is 17.7 Å². The molecule has 0 aliphatic rings. The van der Waals surface area contributed by atoms with Crippen LogP contribution >= 0.6 is 23.2 Å². The van der Waals surface area contributed by atoms with Crippen LogP contribution in [0.4, 0.5) is 5.69 Å². The molecule has 8 nitrogen and oxygen atoms in total. The third kappa shape index (κ3) is 5.70. The Morgan fingerprint density at radius 3 is 2.46 bits per heavy atom. The van der Waals surface area contributed by atoms with Crippen LogP contribution in [-0.4, -0.2) is 31.9 Å². The molecule has 0 fully saturated rings. The summed E-state index contributed by atoms with van der Waals surface area (Å²) in [7, 11) is -4.41. The normalized spacial score (nSPS) is 11.2. The molecule has 4 N–H and O–H groups in total. The van der Waals surface area contributed by atoms with Crippen molar-refractivity contribution in [3.8, 4) is 11.5 Å². The number of carboxylic acid groups (broad SMARTS) is 1. The van der Waals surface area contributed by atoms with Crippen molar-refractivity contribution in [2.45, 2.75) is 30.1 Å². The summed E-state index contributed by atoms with van der Waals surface area (Å²) in [5, 5.41) is 11.8. The number of sulfone groups is 1. The average molecular weight is 537 g/mol. The highest BCUT2D eigenvalue weighted by Crippen LogP contribution is 2.41. The van der Waals surface area contributed by atoms with E-state index < -0.39 is 26.6 Å². The quantitative estimate of drug-likeness (QED) is 0.348. The minimum absolute atomic E-state index is 0.0563. The maximum atomic E-state index is 13.8. The van der Waals surface area contributed by atoms with Crippen LogP contribution in [0.1, 0.15) is 28.4 Å². The van der Waals surface area contributed by atoms with Gasteiger partial charge in [0.2, 0.25) is 9.84 Å². The molecule has 3 rings (SSSR count). The van der Waals surface area contributed by atoms with Crippen LogP contribution in [0.3, 0.4) is 0 Å². The minimum Gasteiger partial charge on any atom is -0.481 e. The number of nitrogen functional groups attached to an aromatic ring is 1. The number of aryl methyl sites for hydroxylation is 1. The van der Waals surface area contributed by atoms with Crippen LogP contribution in [0.25, 0.3) is 0 Å². The zero-order valence-corrected chi connectivity index (χ0v) is 21.1. The second-order valence-electron chi connectivity index (χ2n) is 7.57. The lowest BCUT2D eigenvalue weighted by Gasteiger charge is -2.18. The first-order valence-corrected chi connectivity index (χ1v) is 12.6. The molecule has 0 heterocycles. The first-order chi connectivity index (χ1) is 16.4. The number of halogens is 2. The van der Waals surface area contributed by atoms with Gasteiger partial charge in [-0.1, -0.05) is 35.3 Å². The van der Waals surface area contributed by atoms with Gasteiger partial charge in [0.05, 0.1) is 27.6 Å². The van der Waals surface area contributed by atoms with Gasteiger partial charge in [0.25, 0.3) is 5.91 Å². The number of carbonyl (C=O) groups is 2. The van der Waals surface area contributed by atoms with Crippen LogP contribution in [0.2, 0.25) is 10.0 Å². The molecule has 0 saturated carbocycles. The molecule has 11 heteroatoms. The predicted octanol–water partition coefficient (Wildman–Crippen LogP) is 4.89. The van der Waals surface area contributed by atoms with E-state index in [0.717, 1.165) is 0 Å². The smallest absolute Gasteiger partial charge is 0.307 e. The maximum Gasteiger partial charge on any atom is 0.307 e. The number of hydrogen-bond donors (Lipinski definition) is 3. The van der Waals surface area contributed by atoms with Crippen molar-refractivity contribution in [2.24, 2.45) is 0 Å². The largest absolute Gasteiger partial charge is 0.481 e. The van der Waals surface area contributed by atoms with Crippen molar-refractivity contribution in [3.05, 3.63) is 75.3 Å². The Morgan fingerprint density at radius 1 is 1.09 bits per heavy atom. The van der Waals surface area contributed by atoms with E-state index in [-0.39, 0.29) is 44.1 Å². The Morgan fingerprint density at radius 2 is 1.80 bits per heavy atom. The van der Waals surface area contributed by atoms with E-state index in [4.69, 9.17) is 38.8 Å². The molecule has 184 valence electrons. The molecule has 0 unspecified atom stereocenters. The molecule has 0 bridgehead atoms. The summed E-state index contributed by atoms with van der Waals surface area (Å²) in [4.78, 5) is 22.9. The zero-order chi connectivity index (χ0) is 25.9. The summed E-state index contributed by atoms with van der Waals surface area (Å²) in [6.07, 6.45) is -0.250. The first kappa shape index (κ1) is 26.3. The minimum atomic E-state index is -4.41. The van der Waals surface area contributed by atoms with E-state index in [1.54, 1.807) is 26.0 Å². The highest BCUT2D eigenvalue weighted by atomic mass is 35.5. The third-order valence-electron chi connectivity index (χ3n) is 4.99. The van der Waals surface area contributed by atoms with Gasteiger partial charge in [-0.05, 0) is 61.4 Å². The Bertz CT molecular complexity index is 1420. The van der Waals surface area contributed by atoms with Gasteiger partial charge >= 0.3 is 5.97 Å². The summed E-state index contributed by atoms with van der Waals surface area (Å²) in [5.41, 5.74) is 6.78. The highest BCUT2D eigenvalue weighted by Gasteiger charge is 2.31. The number of rotatable bonds is 8. The Hall–Kier alpha value is -3.27. The summed E-state index contributed by atoms with van der Waals surface area (Å²) in [6, 6.07) is 11.5. The molecule has 1 amide bonds. The predicted molar refractivity (Wildman–Crippen MR) is 133 cm³/mol. The Kier molecular flexibility index (Phi) is 7.94. The summed E-state index contributed by atoms with van der Waals surface area (Å²) >= 11 is 12.3. The maximum absolute atomic E-state index is 13.8. The highest BCUT2D eigenvalue weighted by molar-refractivity contribution is 7.92. The number of amides is 1. The number of anilines is 1. The molecule has 35 heavy (non-hydrogen) atoms. The van der Waals surface area contributed by atoms with Crippen molar-refractivity contribution >= 4 is 50.6 Å². The average Bonchev–Trinajstić information content (AvgIpc) is 2.76. The number of hydrogen-bond acceptors (Lipinski definition) is 6. The van der Waals surface area contributed by atoms with Gasteiger partial charge in [-0.15, -0.1) is 0 Å². The molecule has 0 saturated heterocycles. The van der Waals surface area contributed by atoms with Gasteiger partial charge in [0.1, 0.15) is 16.4 Å². The topological polar surface area (TPSA) is 136 Å². The van der Waals surface area contributed by atoms with Gasteiger partial charge in [-0.2, -0.15) is 0 Å². The number of ether oxygens (including phenoxy) is 1. The fourth-order valence-electron chi connectivity index (χ4n) is 3.36. The zero-order valence-electron chi connectivity index (χ0n) is 18.8. The molecule has 3 aromatic carbocycles. The van der Waals surface area contributed by atoms with Crippen LogP contribution in [-0.2, 0) is 21.1 Å². The number of benzene rings is 3. The van der Waals surface area contributed by atoms with Gasteiger partial charge in [0.15, 0.2) is 0 Å². The monoisotopic (exact) mass is 536 g/mol. The van der Waals surface area contributed by atoms with Crippen molar-refractivity contribution in [1.82, 2.24) is 5.32 Å². The Labute approximate surface area is 212 Å². The van der Waals surface area contributed by atoms with Gasteiger partial charge in [-0.25, -0.2) is 8.42 Å². The number of carboxylic acids is 1. The lowest BCUT2D eigenvalue weighted by molar-refractivity contribution is -0.136. The fourth-order valence-corrected chi connectivity index (χ4v) is 5.69. The molecular formula is C24H22Cl2N2O6S. The van der Waals surface area contributed by atoms with Crippen molar-refractivity contribution in [3.63, 3.8) is 0 Å². The summed E-state index contributed by atoms with van der Waals surface area (Å²) < 4.78 is 33.5. The van der Waals surface area contributed by atoms with Crippen LogP contribution in [0.15, 0.2) is 58.3 Å². The van der Waals surface area contributed by atoms with Crippen molar-refractivity contribution in [2.75, 3.05) is 12.3 Å². The lowest BCUT2D eigenvalue weighted by Crippen LogP contribution is -2.24.